The highest BCUT2D eigenvalue weighted by Gasteiger charge is 2.34. The minimum absolute atomic E-state index is 0.106. The third kappa shape index (κ3) is 4.61. The fraction of sp³-hybridized carbons (Fsp3) is 0.647. The van der Waals surface area contributed by atoms with Crippen LogP contribution in [0.2, 0.25) is 0 Å². The zero-order chi connectivity index (χ0) is 13.6. The smallest absolute Gasteiger partial charge is 0.0781 e. The van der Waals surface area contributed by atoms with Gasteiger partial charge in [0, 0.05) is 11.9 Å². The van der Waals surface area contributed by atoms with E-state index < -0.39 is 0 Å². The van der Waals surface area contributed by atoms with E-state index in [0.29, 0.717) is 0 Å². The van der Waals surface area contributed by atoms with E-state index in [1.54, 1.807) is 0 Å². The molecule has 1 aromatic rings. The van der Waals surface area contributed by atoms with Crippen molar-refractivity contribution in [3.63, 3.8) is 0 Å². The molecule has 0 aromatic heterocycles. The first-order valence-corrected chi connectivity index (χ1v) is 8.60. The van der Waals surface area contributed by atoms with Gasteiger partial charge < -0.3 is 4.74 Å². The van der Waals surface area contributed by atoms with E-state index in [9.17, 15) is 0 Å². The second kappa shape index (κ2) is 7.44. The summed E-state index contributed by atoms with van der Waals surface area (Å²) in [5, 5.41) is 0.982. The molecule has 0 amide bonds. The van der Waals surface area contributed by atoms with Crippen LogP contribution in [0.4, 0.5) is 0 Å². The van der Waals surface area contributed by atoms with Crippen molar-refractivity contribution < 1.29 is 4.74 Å². The molecule has 1 saturated carbocycles. The summed E-state index contributed by atoms with van der Waals surface area (Å²) in [6, 6.07) is 10.7. The lowest BCUT2D eigenvalue weighted by Crippen LogP contribution is -2.39. The lowest BCUT2D eigenvalue weighted by atomic mass is 9.80. The third-order valence-electron chi connectivity index (χ3n) is 4.15. The van der Waals surface area contributed by atoms with Gasteiger partial charge in [-0.1, -0.05) is 66.0 Å². The van der Waals surface area contributed by atoms with Crippen LogP contribution in [-0.4, -0.2) is 17.5 Å². The highest BCUT2D eigenvalue weighted by Crippen LogP contribution is 2.36. The summed E-state index contributed by atoms with van der Waals surface area (Å²) < 4.78 is 6.27. The van der Waals surface area contributed by atoms with Crippen LogP contribution in [0, 0.1) is 5.92 Å². The maximum atomic E-state index is 6.27. The van der Waals surface area contributed by atoms with Gasteiger partial charge in [-0.25, -0.2) is 0 Å². The van der Waals surface area contributed by atoms with Gasteiger partial charge in [-0.05, 0) is 37.2 Å². The standard InChI is InChI=1S/C17H25BrO/c1-15-7-5-11-17(13-15,14-18)19-12-6-10-16-8-3-2-4-9-16/h2-4,8-9,15H,5-7,10-14H2,1H3. The van der Waals surface area contributed by atoms with Gasteiger partial charge in [-0.15, -0.1) is 0 Å². The normalized spacial score (nSPS) is 27.4. The lowest BCUT2D eigenvalue weighted by molar-refractivity contribution is -0.0635. The van der Waals surface area contributed by atoms with E-state index in [4.69, 9.17) is 4.74 Å². The topological polar surface area (TPSA) is 9.23 Å². The molecule has 2 heteroatoms. The molecule has 1 aliphatic rings. The Labute approximate surface area is 125 Å². The second-order valence-electron chi connectivity index (χ2n) is 5.96. The summed E-state index contributed by atoms with van der Waals surface area (Å²) in [6.45, 7) is 3.23. The van der Waals surface area contributed by atoms with E-state index in [-0.39, 0.29) is 5.60 Å². The quantitative estimate of drug-likeness (QED) is 0.529. The van der Waals surface area contributed by atoms with Crippen LogP contribution in [-0.2, 0) is 11.2 Å². The molecule has 1 aromatic carbocycles. The Bertz CT molecular complexity index is 365. The minimum atomic E-state index is 0.106. The number of rotatable bonds is 6. The van der Waals surface area contributed by atoms with Crippen LogP contribution < -0.4 is 0 Å². The zero-order valence-electron chi connectivity index (χ0n) is 11.9. The molecule has 0 N–H and O–H groups in total. The van der Waals surface area contributed by atoms with E-state index in [1.165, 1.54) is 31.2 Å². The van der Waals surface area contributed by atoms with Crippen molar-refractivity contribution in [2.45, 2.75) is 51.0 Å². The molecule has 0 spiro atoms. The van der Waals surface area contributed by atoms with Crippen molar-refractivity contribution in [3.05, 3.63) is 35.9 Å². The Balaban J connectivity index is 1.74. The van der Waals surface area contributed by atoms with Gasteiger partial charge in [0.1, 0.15) is 0 Å². The first-order valence-electron chi connectivity index (χ1n) is 7.48. The molecule has 1 fully saturated rings. The Morgan fingerprint density at radius 3 is 2.79 bits per heavy atom. The van der Waals surface area contributed by atoms with Crippen LogP contribution >= 0.6 is 15.9 Å². The molecule has 106 valence electrons. The summed E-state index contributed by atoms with van der Waals surface area (Å²) in [6.07, 6.45) is 7.34. The number of hydrogen-bond donors (Lipinski definition) is 0. The molecule has 19 heavy (non-hydrogen) atoms. The summed E-state index contributed by atoms with van der Waals surface area (Å²) in [5.74, 6) is 0.806. The summed E-state index contributed by atoms with van der Waals surface area (Å²) in [5.41, 5.74) is 1.52. The SMILES string of the molecule is CC1CCCC(CBr)(OCCCc2ccccc2)C1. The second-order valence-corrected chi connectivity index (χ2v) is 6.52. The summed E-state index contributed by atoms with van der Waals surface area (Å²) in [7, 11) is 0. The molecular formula is C17H25BrO. The number of aryl methyl sites for hydroxylation is 1. The predicted molar refractivity (Wildman–Crippen MR) is 84.9 cm³/mol. The van der Waals surface area contributed by atoms with E-state index in [1.807, 2.05) is 0 Å². The van der Waals surface area contributed by atoms with Gasteiger partial charge in [0.2, 0.25) is 0 Å². The van der Waals surface area contributed by atoms with Gasteiger partial charge in [0.05, 0.1) is 5.60 Å². The molecule has 0 saturated heterocycles. The van der Waals surface area contributed by atoms with E-state index in [2.05, 4.69) is 53.2 Å². The van der Waals surface area contributed by atoms with Gasteiger partial charge in [0.25, 0.3) is 0 Å². The Morgan fingerprint density at radius 1 is 1.32 bits per heavy atom. The van der Waals surface area contributed by atoms with Crippen molar-refractivity contribution in [3.8, 4) is 0 Å². The monoisotopic (exact) mass is 324 g/mol. The molecule has 0 heterocycles. The van der Waals surface area contributed by atoms with Gasteiger partial charge in [-0.3, -0.25) is 0 Å². The Morgan fingerprint density at radius 2 is 2.11 bits per heavy atom. The maximum absolute atomic E-state index is 6.27. The van der Waals surface area contributed by atoms with Gasteiger partial charge in [-0.2, -0.15) is 0 Å². The Kier molecular flexibility index (Phi) is 5.90. The molecular weight excluding hydrogens is 300 g/mol. The van der Waals surface area contributed by atoms with Gasteiger partial charge in [0.15, 0.2) is 0 Å². The third-order valence-corrected chi connectivity index (χ3v) is 5.18. The average molecular weight is 325 g/mol. The highest BCUT2D eigenvalue weighted by atomic mass is 79.9. The fourth-order valence-corrected chi connectivity index (χ4v) is 3.78. The number of ether oxygens (including phenoxy) is 1. The molecule has 0 bridgehead atoms. The van der Waals surface area contributed by atoms with Crippen molar-refractivity contribution in [2.24, 2.45) is 5.92 Å². The van der Waals surface area contributed by atoms with Crippen LogP contribution in [0.25, 0.3) is 0 Å². The molecule has 0 radical (unpaired) electrons. The number of alkyl halides is 1. The predicted octanol–water partition coefficient (Wildman–Crippen LogP) is 4.98. The van der Waals surface area contributed by atoms with Crippen LogP contribution in [0.3, 0.4) is 0 Å². The van der Waals surface area contributed by atoms with Gasteiger partial charge >= 0.3 is 0 Å². The summed E-state index contributed by atoms with van der Waals surface area (Å²) >= 11 is 3.67. The molecule has 2 unspecified atom stereocenters. The van der Waals surface area contributed by atoms with Crippen LogP contribution in [0.15, 0.2) is 30.3 Å². The van der Waals surface area contributed by atoms with Crippen LogP contribution in [0.1, 0.15) is 44.6 Å². The largest absolute Gasteiger partial charge is 0.374 e. The lowest BCUT2D eigenvalue weighted by Gasteiger charge is -2.38. The highest BCUT2D eigenvalue weighted by molar-refractivity contribution is 9.09. The first-order chi connectivity index (χ1) is 9.24. The molecule has 1 aliphatic carbocycles. The number of halogens is 1. The molecule has 0 aliphatic heterocycles. The van der Waals surface area contributed by atoms with Crippen molar-refractivity contribution in [1.82, 2.24) is 0 Å². The zero-order valence-corrected chi connectivity index (χ0v) is 13.5. The molecule has 1 nitrogen and oxygen atoms in total. The maximum Gasteiger partial charge on any atom is 0.0781 e. The van der Waals surface area contributed by atoms with E-state index in [0.717, 1.165) is 30.7 Å². The van der Waals surface area contributed by atoms with Crippen molar-refractivity contribution in [2.75, 3.05) is 11.9 Å². The van der Waals surface area contributed by atoms with E-state index >= 15 is 0 Å². The molecule has 2 rings (SSSR count). The minimum Gasteiger partial charge on any atom is -0.374 e. The van der Waals surface area contributed by atoms with Crippen molar-refractivity contribution >= 4 is 15.9 Å². The number of benzene rings is 1. The first kappa shape index (κ1) is 15.1. The number of hydrogen-bond acceptors (Lipinski definition) is 1. The van der Waals surface area contributed by atoms with Crippen molar-refractivity contribution in [1.29, 1.82) is 0 Å². The van der Waals surface area contributed by atoms with Crippen LogP contribution in [0.5, 0.6) is 0 Å². The Hall–Kier alpha value is -0.340. The molecule has 2 atom stereocenters. The fourth-order valence-electron chi connectivity index (χ4n) is 3.11. The summed E-state index contributed by atoms with van der Waals surface area (Å²) in [4.78, 5) is 0. The average Bonchev–Trinajstić information content (AvgIpc) is 2.45.